The Balaban J connectivity index is 0.00000433. The smallest absolute Gasteiger partial charge is 0.202 e. The second-order valence-corrected chi connectivity index (χ2v) is 12.6. The van der Waals surface area contributed by atoms with Crippen LogP contribution in [0.4, 0.5) is 4.39 Å². The van der Waals surface area contributed by atoms with Gasteiger partial charge in [-0.05, 0) is 49.4 Å². The lowest BCUT2D eigenvalue weighted by Crippen LogP contribution is -2.51. The minimum Gasteiger partial charge on any atom is -0.507 e. The van der Waals surface area contributed by atoms with Crippen molar-refractivity contribution in [1.82, 2.24) is 5.32 Å². The van der Waals surface area contributed by atoms with Crippen molar-refractivity contribution in [3.05, 3.63) is 87.2 Å². The van der Waals surface area contributed by atoms with Crippen molar-refractivity contribution in [2.45, 2.75) is 76.0 Å². The van der Waals surface area contributed by atoms with Gasteiger partial charge in [-0.25, -0.2) is 4.39 Å². The number of aliphatic hydroxyl groups is 2. The van der Waals surface area contributed by atoms with Crippen LogP contribution in [0.3, 0.4) is 0 Å². The summed E-state index contributed by atoms with van der Waals surface area (Å²) < 4.78 is 25.2. The molecule has 1 saturated carbocycles. The zero-order valence-electron chi connectivity index (χ0n) is 26.1. The Kier molecular flexibility index (Phi) is 9.51. The summed E-state index contributed by atoms with van der Waals surface area (Å²) in [6, 6.07) is 10.0. The molecule has 250 valence electrons. The topological polar surface area (TPSA) is 163 Å². The molecule has 0 aliphatic heterocycles. The van der Waals surface area contributed by atoms with Gasteiger partial charge in [0.25, 0.3) is 0 Å². The van der Waals surface area contributed by atoms with Gasteiger partial charge in [-0.15, -0.1) is 12.4 Å². The van der Waals surface area contributed by atoms with Gasteiger partial charge in [0.05, 0.1) is 42.1 Å². The van der Waals surface area contributed by atoms with Gasteiger partial charge in [-0.2, -0.15) is 0 Å². The monoisotopic (exact) mass is 669 g/mol. The summed E-state index contributed by atoms with van der Waals surface area (Å²) in [5, 5.41) is 49.0. The van der Waals surface area contributed by atoms with Crippen molar-refractivity contribution >= 4 is 29.8 Å². The quantitative estimate of drug-likeness (QED) is 0.181. The lowest BCUT2D eigenvalue weighted by Gasteiger charge is -2.43. The minimum atomic E-state index is -1.99. The molecule has 1 fully saturated rings. The van der Waals surface area contributed by atoms with Gasteiger partial charge >= 0.3 is 0 Å². The third-order valence-corrected chi connectivity index (χ3v) is 9.72. The molecule has 3 aliphatic rings. The van der Waals surface area contributed by atoms with Crippen molar-refractivity contribution < 1.29 is 48.7 Å². The van der Waals surface area contributed by atoms with Crippen LogP contribution >= 0.6 is 12.4 Å². The molecule has 0 heterocycles. The first-order valence-electron chi connectivity index (χ1n) is 15.3. The number of aliphatic hydroxyl groups excluding tert-OH is 1. The maximum absolute atomic E-state index is 13.8. The number of carbonyl (C=O) groups is 3. The van der Waals surface area contributed by atoms with Crippen LogP contribution in [-0.4, -0.2) is 68.7 Å². The minimum absolute atomic E-state index is 0. The standard InChI is InChI=1S/C35H36FNO9.ClH/c1-16-11-20(12-23(30(16)39)37-15-18-7-9-19(36)10-8-18)46-25-14-35(44,17(2)38)13-22-27(25)34(43)29-28(32(22)41)31(40)21-5-4-6-24(45-3)26(21)33(29)42;/h4-10,16,20,23,25,30,37,39,41,43-44H,11-15H2,1-3H3;1H/t16?,20?,23?,25-,30?,35-;/m0./s1. The van der Waals surface area contributed by atoms with E-state index in [9.17, 15) is 39.2 Å². The fourth-order valence-electron chi connectivity index (χ4n) is 7.17. The molecule has 47 heavy (non-hydrogen) atoms. The number of carbonyl (C=O) groups excluding carboxylic acids is 3. The van der Waals surface area contributed by atoms with Crippen LogP contribution in [0.2, 0.25) is 0 Å². The van der Waals surface area contributed by atoms with Gasteiger partial charge in [0.15, 0.2) is 11.6 Å². The van der Waals surface area contributed by atoms with Gasteiger partial charge in [-0.3, -0.25) is 14.4 Å². The Morgan fingerprint density at radius 3 is 2.36 bits per heavy atom. The lowest BCUT2D eigenvalue weighted by molar-refractivity contribution is -0.147. The molecule has 3 aromatic rings. The highest BCUT2D eigenvalue weighted by molar-refractivity contribution is 6.31. The van der Waals surface area contributed by atoms with E-state index in [4.69, 9.17) is 9.47 Å². The maximum atomic E-state index is 13.8. The molecular formula is C35H37ClFNO9. The Labute approximate surface area is 276 Å². The highest BCUT2D eigenvalue weighted by Gasteiger charge is 2.49. The molecule has 4 unspecified atom stereocenters. The number of nitrogens with one attached hydrogen (secondary N) is 1. The van der Waals surface area contributed by atoms with Gasteiger partial charge in [0, 0.05) is 42.1 Å². The third-order valence-electron chi connectivity index (χ3n) is 9.72. The molecule has 0 spiro atoms. The molecule has 12 heteroatoms. The number of phenols is 2. The Morgan fingerprint density at radius 2 is 1.70 bits per heavy atom. The number of aromatic hydroxyl groups is 2. The molecule has 0 radical (unpaired) electrons. The van der Waals surface area contributed by atoms with E-state index < -0.39 is 76.4 Å². The van der Waals surface area contributed by atoms with Crippen molar-refractivity contribution in [2.75, 3.05) is 7.11 Å². The predicted octanol–water partition coefficient (Wildman–Crippen LogP) is 4.08. The fraction of sp³-hybridized carbons (Fsp3) is 0.400. The molecule has 6 atom stereocenters. The first-order valence-corrected chi connectivity index (χ1v) is 15.3. The number of halogens is 2. The molecule has 3 aliphatic carbocycles. The fourth-order valence-corrected chi connectivity index (χ4v) is 7.17. The van der Waals surface area contributed by atoms with E-state index in [-0.39, 0.29) is 58.6 Å². The van der Waals surface area contributed by atoms with Crippen molar-refractivity contribution in [3.8, 4) is 17.2 Å². The largest absolute Gasteiger partial charge is 0.507 e. The second kappa shape index (κ2) is 13.0. The average Bonchev–Trinajstić information content (AvgIpc) is 3.02. The number of methoxy groups -OCH3 is 1. The number of fused-ring (bicyclic) bond motifs is 3. The summed E-state index contributed by atoms with van der Waals surface area (Å²) in [4.78, 5) is 40.3. The Hall–Kier alpha value is -3.87. The summed E-state index contributed by atoms with van der Waals surface area (Å²) in [7, 11) is 1.35. The number of benzene rings is 3. The number of Topliss-reactive ketones (excluding diaryl/α,β-unsaturated/α-hetero) is 1. The molecule has 3 aromatic carbocycles. The molecule has 5 N–H and O–H groups in total. The second-order valence-electron chi connectivity index (χ2n) is 12.6. The molecule has 0 aromatic heterocycles. The first kappa shape index (κ1) is 34.5. The molecule has 0 bridgehead atoms. The highest BCUT2D eigenvalue weighted by Crippen LogP contribution is 2.52. The number of ketones is 3. The number of hydrogen-bond acceptors (Lipinski definition) is 10. The lowest BCUT2D eigenvalue weighted by atomic mass is 9.72. The van der Waals surface area contributed by atoms with Crippen LogP contribution in [0.15, 0.2) is 42.5 Å². The molecule has 0 saturated heterocycles. The van der Waals surface area contributed by atoms with Crippen LogP contribution in [0.5, 0.6) is 17.2 Å². The van der Waals surface area contributed by atoms with Gasteiger partial charge in [0.1, 0.15) is 28.7 Å². The number of ether oxygens (including phenoxy) is 2. The van der Waals surface area contributed by atoms with E-state index in [1.54, 1.807) is 12.1 Å². The SMILES string of the molecule is COc1cccc2c1C(=O)c1c(O)c3c(c(O)c1C2=O)C[C@@](O)(C(C)=O)C[C@@H]3OC1CC(C)C(O)C(NCc2ccc(F)cc2)C1.Cl. The van der Waals surface area contributed by atoms with Crippen molar-refractivity contribution in [3.63, 3.8) is 0 Å². The number of phenolic OH excluding ortho intramolecular Hbond substituents is 2. The summed E-state index contributed by atoms with van der Waals surface area (Å²) in [5.41, 5.74) is -2.05. The Bertz CT molecular complexity index is 1750. The van der Waals surface area contributed by atoms with Gasteiger partial charge in [0.2, 0.25) is 5.78 Å². The normalized spacial score (nSPS) is 26.5. The first-order chi connectivity index (χ1) is 21.8. The molecule has 10 nitrogen and oxygen atoms in total. The van der Waals surface area contributed by atoms with Crippen molar-refractivity contribution in [2.24, 2.45) is 5.92 Å². The van der Waals surface area contributed by atoms with Crippen LogP contribution < -0.4 is 10.1 Å². The molecular weight excluding hydrogens is 633 g/mol. The number of rotatable bonds is 7. The van der Waals surface area contributed by atoms with E-state index in [0.717, 1.165) is 5.56 Å². The third kappa shape index (κ3) is 5.91. The van der Waals surface area contributed by atoms with E-state index in [2.05, 4.69) is 5.32 Å². The highest BCUT2D eigenvalue weighted by atomic mass is 35.5. The Morgan fingerprint density at radius 1 is 1.02 bits per heavy atom. The maximum Gasteiger partial charge on any atom is 0.202 e. The van der Waals surface area contributed by atoms with Crippen LogP contribution in [-0.2, 0) is 22.5 Å². The summed E-state index contributed by atoms with van der Waals surface area (Å²) in [6.07, 6.45) is -2.37. The van der Waals surface area contributed by atoms with Gasteiger partial charge in [-0.1, -0.05) is 31.2 Å². The van der Waals surface area contributed by atoms with E-state index in [0.29, 0.717) is 19.4 Å². The van der Waals surface area contributed by atoms with Crippen molar-refractivity contribution in [1.29, 1.82) is 0 Å². The van der Waals surface area contributed by atoms with Crippen LogP contribution in [0.25, 0.3) is 0 Å². The van der Waals surface area contributed by atoms with E-state index in [1.807, 2.05) is 6.92 Å². The predicted molar refractivity (Wildman–Crippen MR) is 170 cm³/mol. The zero-order chi connectivity index (χ0) is 33.1. The number of hydrogen-bond donors (Lipinski definition) is 5. The van der Waals surface area contributed by atoms with E-state index in [1.165, 1.54) is 44.4 Å². The van der Waals surface area contributed by atoms with Crippen LogP contribution in [0, 0.1) is 11.7 Å². The summed E-state index contributed by atoms with van der Waals surface area (Å²) in [5.74, 6) is -3.64. The van der Waals surface area contributed by atoms with Gasteiger partial charge < -0.3 is 35.2 Å². The van der Waals surface area contributed by atoms with Crippen LogP contribution in [0.1, 0.15) is 87.7 Å². The summed E-state index contributed by atoms with van der Waals surface area (Å²) >= 11 is 0. The van der Waals surface area contributed by atoms with E-state index >= 15 is 0 Å². The molecule has 0 amide bonds. The molecule has 6 rings (SSSR count). The summed E-state index contributed by atoms with van der Waals surface area (Å²) in [6.45, 7) is 3.44. The zero-order valence-corrected chi connectivity index (χ0v) is 26.9. The average molecular weight is 670 g/mol.